The molecule has 0 aromatic carbocycles. The molecular formula is C16H37N3. The molecule has 2 atom stereocenters. The van der Waals surface area contributed by atoms with Crippen LogP contribution >= 0.6 is 0 Å². The molecule has 0 radical (unpaired) electrons. The summed E-state index contributed by atoms with van der Waals surface area (Å²) in [5, 5.41) is 0. The fraction of sp³-hybridized carbons (Fsp3) is 1.00. The molecule has 0 bridgehead atoms. The van der Waals surface area contributed by atoms with Crippen LogP contribution in [0.5, 0.6) is 0 Å². The highest BCUT2D eigenvalue weighted by molar-refractivity contribution is 4.91. The SMILES string of the molecule is CCC(C)CC(CC)(CN)N(CC)CCCN(C)C. The summed E-state index contributed by atoms with van der Waals surface area (Å²) >= 11 is 0. The van der Waals surface area contributed by atoms with Gasteiger partial charge in [-0.25, -0.2) is 0 Å². The van der Waals surface area contributed by atoms with Crippen LogP contribution in [-0.4, -0.2) is 55.6 Å². The van der Waals surface area contributed by atoms with Crippen LogP contribution in [-0.2, 0) is 0 Å². The van der Waals surface area contributed by atoms with E-state index < -0.39 is 0 Å². The van der Waals surface area contributed by atoms with Crippen molar-refractivity contribution in [1.82, 2.24) is 9.80 Å². The van der Waals surface area contributed by atoms with Crippen molar-refractivity contribution in [2.45, 2.75) is 58.9 Å². The largest absolute Gasteiger partial charge is 0.329 e. The highest BCUT2D eigenvalue weighted by Gasteiger charge is 2.33. The summed E-state index contributed by atoms with van der Waals surface area (Å²) in [7, 11) is 4.29. The lowest BCUT2D eigenvalue weighted by atomic mass is 9.83. The summed E-state index contributed by atoms with van der Waals surface area (Å²) in [6, 6.07) is 0. The van der Waals surface area contributed by atoms with E-state index in [0.717, 1.165) is 38.5 Å². The fourth-order valence-electron chi connectivity index (χ4n) is 2.96. The van der Waals surface area contributed by atoms with Crippen LogP contribution in [0.15, 0.2) is 0 Å². The Balaban J connectivity index is 4.68. The molecule has 0 rings (SSSR count). The zero-order valence-electron chi connectivity index (χ0n) is 14.2. The monoisotopic (exact) mass is 271 g/mol. The smallest absolute Gasteiger partial charge is 0.0331 e. The number of hydrogen-bond donors (Lipinski definition) is 1. The lowest BCUT2D eigenvalue weighted by molar-refractivity contribution is 0.0677. The lowest BCUT2D eigenvalue weighted by Gasteiger charge is -2.44. The third-order valence-corrected chi connectivity index (χ3v) is 4.55. The Labute approximate surface area is 121 Å². The van der Waals surface area contributed by atoms with E-state index in [1.807, 2.05) is 0 Å². The van der Waals surface area contributed by atoms with Gasteiger partial charge in [-0.1, -0.05) is 34.1 Å². The molecule has 0 saturated heterocycles. The first-order chi connectivity index (χ1) is 8.95. The Kier molecular flexibility index (Phi) is 9.67. The highest BCUT2D eigenvalue weighted by Crippen LogP contribution is 2.28. The molecule has 0 aliphatic rings. The topological polar surface area (TPSA) is 32.5 Å². The van der Waals surface area contributed by atoms with Crippen LogP contribution in [0.2, 0.25) is 0 Å². The van der Waals surface area contributed by atoms with Crippen LogP contribution in [0.1, 0.15) is 53.4 Å². The molecule has 3 nitrogen and oxygen atoms in total. The van der Waals surface area contributed by atoms with E-state index in [2.05, 4.69) is 51.6 Å². The molecule has 0 aromatic rings. The van der Waals surface area contributed by atoms with Gasteiger partial charge >= 0.3 is 0 Å². The molecule has 0 saturated carbocycles. The van der Waals surface area contributed by atoms with Gasteiger partial charge in [-0.15, -0.1) is 0 Å². The molecule has 116 valence electrons. The minimum absolute atomic E-state index is 0.205. The average Bonchev–Trinajstić information content (AvgIpc) is 2.41. The van der Waals surface area contributed by atoms with Gasteiger partial charge in [0.05, 0.1) is 0 Å². The fourth-order valence-corrected chi connectivity index (χ4v) is 2.96. The number of nitrogens with two attached hydrogens (primary N) is 1. The van der Waals surface area contributed by atoms with Gasteiger partial charge in [0, 0.05) is 12.1 Å². The van der Waals surface area contributed by atoms with Gasteiger partial charge in [-0.3, -0.25) is 4.90 Å². The highest BCUT2D eigenvalue weighted by atomic mass is 15.2. The zero-order chi connectivity index (χ0) is 14.9. The van der Waals surface area contributed by atoms with Gasteiger partial charge < -0.3 is 10.6 Å². The van der Waals surface area contributed by atoms with E-state index in [1.54, 1.807) is 0 Å². The first-order valence-corrected chi connectivity index (χ1v) is 8.05. The first kappa shape index (κ1) is 18.9. The zero-order valence-corrected chi connectivity index (χ0v) is 14.2. The van der Waals surface area contributed by atoms with E-state index in [1.165, 1.54) is 19.3 Å². The first-order valence-electron chi connectivity index (χ1n) is 8.05. The standard InChI is InChI=1S/C16H37N3/c1-7-15(4)13-16(8-2,14-17)19(9-3)12-10-11-18(5)6/h15H,7-14,17H2,1-6H3. The maximum atomic E-state index is 6.18. The van der Waals surface area contributed by atoms with Gasteiger partial charge in [0.15, 0.2) is 0 Å². The van der Waals surface area contributed by atoms with Gasteiger partial charge in [0.25, 0.3) is 0 Å². The predicted molar refractivity (Wildman–Crippen MR) is 86.6 cm³/mol. The van der Waals surface area contributed by atoms with Crippen LogP contribution in [0.25, 0.3) is 0 Å². The van der Waals surface area contributed by atoms with Crippen molar-refractivity contribution in [2.24, 2.45) is 11.7 Å². The third kappa shape index (κ3) is 6.24. The van der Waals surface area contributed by atoms with E-state index >= 15 is 0 Å². The van der Waals surface area contributed by atoms with Crippen molar-refractivity contribution in [3.05, 3.63) is 0 Å². The van der Waals surface area contributed by atoms with Crippen LogP contribution < -0.4 is 5.73 Å². The normalized spacial score (nSPS) is 16.9. The van der Waals surface area contributed by atoms with Gasteiger partial charge in [0.2, 0.25) is 0 Å². The molecule has 0 fully saturated rings. The van der Waals surface area contributed by atoms with E-state index in [9.17, 15) is 0 Å². The molecule has 0 heterocycles. The quantitative estimate of drug-likeness (QED) is 0.627. The third-order valence-electron chi connectivity index (χ3n) is 4.55. The summed E-state index contributed by atoms with van der Waals surface area (Å²) in [6.45, 7) is 13.4. The molecule has 2 unspecified atom stereocenters. The molecule has 0 aromatic heterocycles. The van der Waals surface area contributed by atoms with Gasteiger partial charge in [-0.2, -0.15) is 0 Å². The number of hydrogen-bond acceptors (Lipinski definition) is 3. The predicted octanol–water partition coefficient (Wildman–Crippen LogP) is 2.80. The van der Waals surface area contributed by atoms with Crippen molar-refractivity contribution in [2.75, 3.05) is 40.3 Å². The Morgan fingerprint density at radius 2 is 1.74 bits per heavy atom. The number of rotatable bonds is 11. The second kappa shape index (κ2) is 9.73. The van der Waals surface area contributed by atoms with E-state index in [0.29, 0.717) is 0 Å². The van der Waals surface area contributed by atoms with Crippen molar-refractivity contribution in [1.29, 1.82) is 0 Å². The molecule has 0 amide bonds. The van der Waals surface area contributed by atoms with Crippen molar-refractivity contribution in [3.63, 3.8) is 0 Å². The minimum Gasteiger partial charge on any atom is -0.329 e. The maximum Gasteiger partial charge on any atom is 0.0331 e. The van der Waals surface area contributed by atoms with Crippen LogP contribution in [0.3, 0.4) is 0 Å². The second-order valence-electron chi connectivity index (χ2n) is 6.24. The molecule has 0 aliphatic heterocycles. The summed E-state index contributed by atoms with van der Waals surface area (Å²) in [5.41, 5.74) is 6.38. The molecular weight excluding hydrogens is 234 g/mol. The summed E-state index contributed by atoms with van der Waals surface area (Å²) in [4.78, 5) is 4.89. The lowest BCUT2D eigenvalue weighted by Crippen LogP contribution is -2.55. The number of likely N-dealkylation sites (N-methyl/N-ethyl adjacent to an activating group) is 1. The second-order valence-corrected chi connectivity index (χ2v) is 6.24. The minimum atomic E-state index is 0.205. The Bertz CT molecular complexity index is 212. The summed E-state index contributed by atoms with van der Waals surface area (Å²) in [5.74, 6) is 0.756. The Hall–Kier alpha value is -0.120. The van der Waals surface area contributed by atoms with Gasteiger partial charge in [-0.05, 0) is 58.9 Å². The van der Waals surface area contributed by atoms with Gasteiger partial charge in [0.1, 0.15) is 0 Å². The molecule has 0 aliphatic carbocycles. The molecule has 3 heteroatoms. The molecule has 0 spiro atoms. The summed E-state index contributed by atoms with van der Waals surface area (Å²) < 4.78 is 0. The summed E-state index contributed by atoms with van der Waals surface area (Å²) in [6.07, 6.45) is 4.86. The van der Waals surface area contributed by atoms with Crippen molar-refractivity contribution in [3.8, 4) is 0 Å². The van der Waals surface area contributed by atoms with Crippen LogP contribution in [0, 0.1) is 5.92 Å². The van der Waals surface area contributed by atoms with Crippen molar-refractivity contribution < 1.29 is 0 Å². The Morgan fingerprint density at radius 1 is 1.11 bits per heavy atom. The van der Waals surface area contributed by atoms with E-state index in [4.69, 9.17) is 5.73 Å². The average molecular weight is 271 g/mol. The van der Waals surface area contributed by atoms with E-state index in [-0.39, 0.29) is 5.54 Å². The number of nitrogens with zero attached hydrogens (tertiary/aromatic N) is 2. The Morgan fingerprint density at radius 3 is 2.11 bits per heavy atom. The molecule has 19 heavy (non-hydrogen) atoms. The van der Waals surface area contributed by atoms with Crippen LogP contribution in [0.4, 0.5) is 0 Å². The maximum absolute atomic E-state index is 6.18. The molecule has 2 N–H and O–H groups in total. The van der Waals surface area contributed by atoms with Crippen molar-refractivity contribution >= 4 is 0 Å².